The summed E-state index contributed by atoms with van der Waals surface area (Å²) in [5.41, 5.74) is 3.63. The molecule has 0 saturated carbocycles. The third-order valence-electron chi connectivity index (χ3n) is 4.29. The number of hydrogen-bond acceptors (Lipinski definition) is 7. The average molecular weight is 391 g/mol. The zero-order chi connectivity index (χ0) is 20.6. The molecule has 0 radical (unpaired) electrons. The quantitative estimate of drug-likeness (QED) is 0.530. The summed E-state index contributed by atoms with van der Waals surface area (Å²) in [4.78, 5) is 17.8. The molecule has 8 heteroatoms. The molecule has 3 N–H and O–H groups in total. The molecule has 3 rings (SSSR count). The van der Waals surface area contributed by atoms with Crippen molar-refractivity contribution >= 4 is 40.4 Å². The van der Waals surface area contributed by atoms with Crippen LogP contribution in [0, 0.1) is 0 Å². The summed E-state index contributed by atoms with van der Waals surface area (Å²) in [6.07, 6.45) is 1.55. The van der Waals surface area contributed by atoms with Crippen molar-refractivity contribution in [3.63, 3.8) is 0 Å². The van der Waals surface area contributed by atoms with Crippen LogP contribution in [0.3, 0.4) is 0 Å². The third-order valence-corrected chi connectivity index (χ3v) is 4.29. The van der Waals surface area contributed by atoms with Gasteiger partial charge in [-0.3, -0.25) is 4.79 Å². The zero-order valence-electron chi connectivity index (χ0n) is 16.8. The van der Waals surface area contributed by atoms with Crippen molar-refractivity contribution in [1.29, 1.82) is 0 Å². The fourth-order valence-electron chi connectivity index (χ4n) is 2.88. The van der Waals surface area contributed by atoms with Gasteiger partial charge in [-0.2, -0.15) is 10.1 Å². The molecule has 0 bridgehead atoms. The van der Waals surface area contributed by atoms with Crippen molar-refractivity contribution in [1.82, 2.24) is 15.2 Å². The second kappa shape index (κ2) is 9.50. The molecular weight excluding hydrogens is 366 g/mol. The van der Waals surface area contributed by atoms with E-state index in [4.69, 9.17) is 0 Å². The molecule has 29 heavy (non-hydrogen) atoms. The highest BCUT2D eigenvalue weighted by atomic mass is 16.1. The lowest BCUT2D eigenvalue weighted by atomic mass is 10.2. The Bertz CT molecular complexity index is 938. The fraction of sp³-hybridized carbons (Fsp3) is 0.238. The number of aromatic nitrogens is 3. The molecule has 0 atom stereocenters. The molecule has 2 aromatic carbocycles. The minimum Gasteiger partial charge on any atom is -0.372 e. The Morgan fingerprint density at radius 2 is 1.48 bits per heavy atom. The first-order chi connectivity index (χ1) is 14.1. The summed E-state index contributed by atoms with van der Waals surface area (Å²) in [5, 5.41) is 17.1. The van der Waals surface area contributed by atoms with E-state index >= 15 is 0 Å². The van der Waals surface area contributed by atoms with E-state index in [1.165, 1.54) is 12.6 Å². The number of hydrogen-bond donors (Lipinski definition) is 3. The second-order valence-electron chi connectivity index (χ2n) is 6.39. The number of amides is 1. The third kappa shape index (κ3) is 5.65. The zero-order valence-corrected chi connectivity index (χ0v) is 16.8. The molecule has 1 amide bonds. The van der Waals surface area contributed by atoms with Crippen molar-refractivity contribution in [2.24, 2.45) is 0 Å². The maximum atomic E-state index is 11.1. The Kier molecular flexibility index (Phi) is 6.57. The molecule has 150 valence electrons. The van der Waals surface area contributed by atoms with Crippen LogP contribution in [0.5, 0.6) is 0 Å². The first-order valence-corrected chi connectivity index (χ1v) is 9.53. The van der Waals surface area contributed by atoms with E-state index in [0.29, 0.717) is 11.8 Å². The summed E-state index contributed by atoms with van der Waals surface area (Å²) in [6, 6.07) is 15.5. The Hall–Kier alpha value is -3.68. The lowest BCUT2D eigenvalue weighted by Gasteiger charge is -2.21. The number of carbonyl (C=O) groups excluding carboxylic acids is 1. The standard InChI is InChI=1S/C21H25N7O/c1-4-28(5-2)19-12-10-18(11-13-19)25-21-26-20(14-22-27-21)24-17-8-6-16(7-9-17)23-15(3)29/h6-14H,4-5H2,1-3H3,(H,23,29)(H2,24,25,26,27). The molecule has 0 unspecified atom stereocenters. The van der Waals surface area contributed by atoms with Gasteiger partial charge in [0, 0.05) is 42.8 Å². The summed E-state index contributed by atoms with van der Waals surface area (Å²) >= 11 is 0. The van der Waals surface area contributed by atoms with Gasteiger partial charge in [0.2, 0.25) is 11.9 Å². The smallest absolute Gasteiger partial charge is 0.249 e. The van der Waals surface area contributed by atoms with Crippen molar-refractivity contribution in [3.05, 3.63) is 54.7 Å². The maximum absolute atomic E-state index is 11.1. The van der Waals surface area contributed by atoms with E-state index in [2.05, 4.69) is 62.0 Å². The van der Waals surface area contributed by atoms with Crippen LogP contribution in [0.1, 0.15) is 20.8 Å². The molecule has 0 saturated heterocycles. The minimum absolute atomic E-state index is 0.105. The second-order valence-corrected chi connectivity index (χ2v) is 6.39. The van der Waals surface area contributed by atoms with E-state index in [0.717, 1.165) is 30.2 Å². The number of benzene rings is 2. The molecule has 0 aliphatic heterocycles. The van der Waals surface area contributed by atoms with E-state index in [-0.39, 0.29) is 5.91 Å². The fourth-order valence-corrected chi connectivity index (χ4v) is 2.88. The summed E-state index contributed by atoms with van der Waals surface area (Å²) in [7, 11) is 0. The normalized spacial score (nSPS) is 10.3. The molecule has 0 aliphatic carbocycles. The highest BCUT2D eigenvalue weighted by molar-refractivity contribution is 5.88. The van der Waals surface area contributed by atoms with Gasteiger partial charge in [-0.25, -0.2) is 0 Å². The predicted molar refractivity (Wildman–Crippen MR) is 117 cm³/mol. The van der Waals surface area contributed by atoms with Gasteiger partial charge >= 0.3 is 0 Å². The number of anilines is 6. The minimum atomic E-state index is -0.105. The molecule has 8 nitrogen and oxygen atoms in total. The SMILES string of the molecule is CCN(CC)c1ccc(Nc2nncc(Nc3ccc(NC(C)=O)cc3)n2)cc1. The van der Waals surface area contributed by atoms with Gasteiger partial charge in [0.25, 0.3) is 0 Å². The monoisotopic (exact) mass is 391 g/mol. The van der Waals surface area contributed by atoms with Crippen molar-refractivity contribution in [3.8, 4) is 0 Å². The largest absolute Gasteiger partial charge is 0.372 e. The van der Waals surface area contributed by atoms with Gasteiger partial charge in [-0.05, 0) is 62.4 Å². The van der Waals surface area contributed by atoms with Crippen LogP contribution in [-0.2, 0) is 4.79 Å². The van der Waals surface area contributed by atoms with E-state index in [1.807, 2.05) is 36.4 Å². The number of nitrogens with one attached hydrogen (secondary N) is 3. The molecule has 1 heterocycles. The lowest BCUT2D eigenvalue weighted by molar-refractivity contribution is -0.114. The molecule has 3 aromatic rings. The molecular formula is C21H25N7O. The van der Waals surface area contributed by atoms with Crippen molar-refractivity contribution in [2.45, 2.75) is 20.8 Å². The van der Waals surface area contributed by atoms with Gasteiger partial charge in [0.1, 0.15) is 0 Å². The van der Waals surface area contributed by atoms with Crippen LogP contribution in [0.15, 0.2) is 54.7 Å². The van der Waals surface area contributed by atoms with Crippen LogP contribution in [0.2, 0.25) is 0 Å². The lowest BCUT2D eigenvalue weighted by Crippen LogP contribution is -2.21. The van der Waals surface area contributed by atoms with Gasteiger partial charge < -0.3 is 20.9 Å². The van der Waals surface area contributed by atoms with E-state index in [1.54, 1.807) is 6.20 Å². The Morgan fingerprint density at radius 1 is 0.897 bits per heavy atom. The molecule has 0 fully saturated rings. The summed E-state index contributed by atoms with van der Waals surface area (Å²) in [6.45, 7) is 7.69. The first-order valence-electron chi connectivity index (χ1n) is 9.53. The van der Waals surface area contributed by atoms with E-state index in [9.17, 15) is 4.79 Å². The van der Waals surface area contributed by atoms with Crippen molar-refractivity contribution < 1.29 is 4.79 Å². The Labute approximate surface area is 170 Å². The Balaban J connectivity index is 1.65. The Morgan fingerprint density at radius 3 is 2.10 bits per heavy atom. The highest BCUT2D eigenvalue weighted by Crippen LogP contribution is 2.21. The van der Waals surface area contributed by atoms with Gasteiger partial charge in [0.15, 0.2) is 5.82 Å². The predicted octanol–water partition coefficient (Wildman–Crippen LogP) is 4.16. The van der Waals surface area contributed by atoms with Crippen molar-refractivity contribution in [2.75, 3.05) is 33.9 Å². The van der Waals surface area contributed by atoms with Gasteiger partial charge in [0.05, 0.1) is 6.20 Å². The van der Waals surface area contributed by atoms with Crippen LogP contribution in [0.25, 0.3) is 0 Å². The van der Waals surface area contributed by atoms with E-state index < -0.39 is 0 Å². The number of rotatable bonds is 8. The van der Waals surface area contributed by atoms with Gasteiger partial charge in [-0.1, -0.05) is 0 Å². The molecule has 1 aromatic heterocycles. The topological polar surface area (TPSA) is 95.1 Å². The summed E-state index contributed by atoms with van der Waals surface area (Å²) in [5.74, 6) is 0.863. The maximum Gasteiger partial charge on any atom is 0.249 e. The number of carbonyl (C=O) groups is 1. The average Bonchev–Trinajstić information content (AvgIpc) is 2.72. The van der Waals surface area contributed by atoms with Crippen LogP contribution >= 0.6 is 0 Å². The van der Waals surface area contributed by atoms with Gasteiger partial charge in [-0.15, -0.1) is 5.10 Å². The summed E-state index contributed by atoms with van der Waals surface area (Å²) < 4.78 is 0. The number of nitrogens with zero attached hydrogens (tertiary/aromatic N) is 4. The molecule has 0 aliphatic rings. The first kappa shape index (κ1) is 20.1. The van der Waals surface area contributed by atoms with Crippen LogP contribution in [-0.4, -0.2) is 34.2 Å². The molecule has 0 spiro atoms. The van der Waals surface area contributed by atoms with Crippen LogP contribution in [0.4, 0.5) is 34.5 Å². The van der Waals surface area contributed by atoms with Crippen LogP contribution < -0.4 is 20.9 Å². The highest BCUT2D eigenvalue weighted by Gasteiger charge is 2.05.